The normalized spacial score (nSPS) is 14.8. The Morgan fingerprint density at radius 1 is 1.50 bits per heavy atom. The Morgan fingerprint density at radius 3 is 2.71 bits per heavy atom. The first-order valence-corrected chi connectivity index (χ1v) is 4.74. The first-order valence-electron chi connectivity index (χ1n) is 4.74. The van der Waals surface area contributed by atoms with Crippen molar-refractivity contribution >= 4 is 11.7 Å². The lowest BCUT2D eigenvalue weighted by molar-refractivity contribution is 0.0963. The minimum absolute atomic E-state index is 0.0901. The summed E-state index contributed by atoms with van der Waals surface area (Å²) in [6.07, 6.45) is 2.85. The fraction of sp³-hybridized carbons (Fsp3) is 0.400. The van der Waals surface area contributed by atoms with E-state index in [2.05, 4.69) is 15.2 Å². The molecule has 0 saturated carbocycles. The van der Waals surface area contributed by atoms with Gasteiger partial charge < -0.3 is 10.2 Å². The maximum atomic E-state index is 11.2. The van der Waals surface area contributed by atoms with Gasteiger partial charge in [-0.25, -0.2) is 4.98 Å². The molecule has 74 valence electrons. The van der Waals surface area contributed by atoms with E-state index in [1.165, 1.54) is 6.42 Å². The Hall–Kier alpha value is -1.58. The standard InChI is InChI=1S/C10H13N3O/c1-11-10(14)8-3-4-9(12-7-8)13-5-2-6-13/h3-4,7H,2,5-6H2,1H3,(H,11,14). The van der Waals surface area contributed by atoms with Gasteiger partial charge in [0.05, 0.1) is 5.56 Å². The van der Waals surface area contributed by atoms with Gasteiger partial charge in [-0.05, 0) is 18.6 Å². The van der Waals surface area contributed by atoms with Crippen LogP contribution in [0.4, 0.5) is 5.82 Å². The van der Waals surface area contributed by atoms with Crippen LogP contribution in [0, 0.1) is 0 Å². The molecule has 1 fully saturated rings. The molecule has 0 unspecified atom stereocenters. The van der Waals surface area contributed by atoms with E-state index in [1.807, 2.05) is 6.07 Å². The molecule has 1 aromatic heterocycles. The van der Waals surface area contributed by atoms with E-state index in [0.717, 1.165) is 18.9 Å². The number of anilines is 1. The number of pyridine rings is 1. The zero-order valence-electron chi connectivity index (χ0n) is 8.16. The maximum Gasteiger partial charge on any atom is 0.252 e. The van der Waals surface area contributed by atoms with Crippen molar-refractivity contribution in [1.29, 1.82) is 0 Å². The monoisotopic (exact) mass is 191 g/mol. The van der Waals surface area contributed by atoms with Crippen LogP contribution in [0.3, 0.4) is 0 Å². The number of hydrogen-bond donors (Lipinski definition) is 1. The molecule has 0 atom stereocenters. The van der Waals surface area contributed by atoms with Crippen molar-refractivity contribution in [3.63, 3.8) is 0 Å². The van der Waals surface area contributed by atoms with E-state index < -0.39 is 0 Å². The second-order valence-electron chi connectivity index (χ2n) is 3.32. The summed E-state index contributed by atoms with van der Waals surface area (Å²) < 4.78 is 0. The molecule has 1 saturated heterocycles. The van der Waals surface area contributed by atoms with Crippen LogP contribution >= 0.6 is 0 Å². The maximum absolute atomic E-state index is 11.2. The molecule has 4 heteroatoms. The zero-order chi connectivity index (χ0) is 9.97. The minimum atomic E-state index is -0.0901. The van der Waals surface area contributed by atoms with Crippen molar-refractivity contribution in [2.75, 3.05) is 25.0 Å². The van der Waals surface area contributed by atoms with Crippen molar-refractivity contribution in [2.24, 2.45) is 0 Å². The number of hydrogen-bond acceptors (Lipinski definition) is 3. The van der Waals surface area contributed by atoms with Gasteiger partial charge in [-0.1, -0.05) is 0 Å². The van der Waals surface area contributed by atoms with Crippen LogP contribution in [-0.2, 0) is 0 Å². The third-order valence-corrected chi connectivity index (χ3v) is 2.42. The highest BCUT2D eigenvalue weighted by molar-refractivity contribution is 5.93. The van der Waals surface area contributed by atoms with Gasteiger partial charge >= 0.3 is 0 Å². The summed E-state index contributed by atoms with van der Waals surface area (Å²) in [4.78, 5) is 17.6. The number of nitrogens with one attached hydrogen (secondary N) is 1. The number of carbonyl (C=O) groups excluding carboxylic acids is 1. The van der Waals surface area contributed by atoms with Crippen molar-refractivity contribution in [3.05, 3.63) is 23.9 Å². The Balaban J connectivity index is 2.13. The molecule has 1 aliphatic rings. The summed E-state index contributed by atoms with van der Waals surface area (Å²) in [6.45, 7) is 2.15. The Kier molecular flexibility index (Phi) is 2.35. The largest absolute Gasteiger partial charge is 0.356 e. The molecule has 0 radical (unpaired) electrons. The van der Waals surface area contributed by atoms with E-state index in [1.54, 1.807) is 19.3 Å². The van der Waals surface area contributed by atoms with Crippen LogP contribution in [0.1, 0.15) is 16.8 Å². The highest BCUT2D eigenvalue weighted by Crippen LogP contribution is 2.17. The molecule has 14 heavy (non-hydrogen) atoms. The second kappa shape index (κ2) is 3.65. The number of carbonyl (C=O) groups is 1. The molecule has 2 rings (SSSR count). The molecule has 1 aromatic rings. The van der Waals surface area contributed by atoms with Crippen molar-refractivity contribution in [1.82, 2.24) is 10.3 Å². The molecule has 0 spiro atoms. The van der Waals surface area contributed by atoms with Gasteiger partial charge in [0.25, 0.3) is 5.91 Å². The van der Waals surface area contributed by atoms with Crippen molar-refractivity contribution in [3.8, 4) is 0 Å². The summed E-state index contributed by atoms with van der Waals surface area (Å²) >= 11 is 0. The molecule has 0 bridgehead atoms. The summed E-state index contributed by atoms with van der Waals surface area (Å²) in [5.74, 6) is 0.872. The molecule has 1 aliphatic heterocycles. The van der Waals surface area contributed by atoms with Crippen LogP contribution in [0.25, 0.3) is 0 Å². The first-order chi connectivity index (χ1) is 6.81. The average Bonchev–Trinajstić information content (AvgIpc) is 2.15. The van der Waals surface area contributed by atoms with E-state index in [4.69, 9.17) is 0 Å². The molecule has 4 nitrogen and oxygen atoms in total. The molecular formula is C10H13N3O. The third-order valence-electron chi connectivity index (χ3n) is 2.42. The first kappa shape index (κ1) is 8.99. The van der Waals surface area contributed by atoms with Crippen LogP contribution < -0.4 is 10.2 Å². The summed E-state index contributed by atoms with van der Waals surface area (Å²) in [5, 5.41) is 2.57. The molecular weight excluding hydrogens is 178 g/mol. The lowest BCUT2D eigenvalue weighted by Crippen LogP contribution is -2.37. The number of amides is 1. The molecule has 0 aliphatic carbocycles. The van der Waals surface area contributed by atoms with Crippen LogP contribution in [-0.4, -0.2) is 31.0 Å². The molecule has 1 amide bonds. The van der Waals surface area contributed by atoms with Gasteiger partial charge in [0.15, 0.2) is 0 Å². The Labute approximate surface area is 82.9 Å². The Morgan fingerprint density at radius 2 is 2.29 bits per heavy atom. The summed E-state index contributed by atoms with van der Waals surface area (Å²) in [7, 11) is 1.62. The number of aromatic nitrogens is 1. The minimum Gasteiger partial charge on any atom is -0.356 e. The van der Waals surface area contributed by atoms with E-state index in [0.29, 0.717) is 5.56 Å². The average molecular weight is 191 g/mol. The fourth-order valence-electron chi connectivity index (χ4n) is 1.40. The van der Waals surface area contributed by atoms with Crippen molar-refractivity contribution in [2.45, 2.75) is 6.42 Å². The van der Waals surface area contributed by atoms with Gasteiger partial charge in [-0.2, -0.15) is 0 Å². The molecule has 2 heterocycles. The smallest absolute Gasteiger partial charge is 0.252 e. The van der Waals surface area contributed by atoms with E-state index in [-0.39, 0.29) is 5.91 Å². The number of rotatable bonds is 2. The topological polar surface area (TPSA) is 45.2 Å². The molecule has 1 N–H and O–H groups in total. The van der Waals surface area contributed by atoms with Gasteiger partial charge in [-0.15, -0.1) is 0 Å². The highest BCUT2D eigenvalue weighted by atomic mass is 16.1. The lowest BCUT2D eigenvalue weighted by Gasteiger charge is -2.31. The fourth-order valence-corrected chi connectivity index (χ4v) is 1.40. The van der Waals surface area contributed by atoms with Gasteiger partial charge in [0.1, 0.15) is 5.82 Å². The van der Waals surface area contributed by atoms with E-state index >= 15 is 0 Å². The van der Waals surface area contributed by atoms with Gasteiger partial charge in [-0.3, -0.25) is 4.79 Å². The van der Waals surface area contributed by atoms with Crippen molar-refractivity contribution < 1.29 is 4.79 Å². The SMILES string of the molecule is CNC(=O)c1ccc(N2CCC2)nc1. The summed E-state index contributed by atoms with van der Waals surface area (Å²) in [6, 6.07) is 3.70. The van der Waals surface area contributed by atoms with Crippen LogP contribution in [0.2, 0.25) is 0 Å². The molecule has 0 aromatic carbocycles. The lowest BCUT2D eigenvalue weighted by atomic mass is 10.2. The van der Waals surface area contributed by atoms with Crippen LogP contribution in [0.15, 0.2) is 18.3 Å². The predicted octanol–water partition coefficient (Wildman–Crippen LogP) is 0.651. The predicted molar refractivity (Wildman–Crippen MR) is 54.5 cm³/mol. The summed E-state index contributed by atoms with van der Waals surface area (Å²) in [5.41, 5.74) is 0.608. The zero-order valence-corrected chi connectivity index (χ0v) is 8.16. The second-order valence-corrected chi connectivity index (χ2v) is 3.32. The number of nitrogens with zero attached hydrogens (tertiary/aromatic N) is 2. The third kappa shape index (κ3) is 1.55. The van der Waals surface area contributed by atoms with Gasteiger partial charge in [0.2, 0.25) is 0 Å². The van der Waals surface area contributed by atoms with E-state index in [9.17, 15) is 4.79 Å². The highest BCUT2D eigenvalue weighted by Gasteiger charge is 2.15. The van der Waals surface area contributed by atoms with Gasteiger partial charge in [0, 0.05) is 26.3 Å². The quantitative estimate of drug-likeness (QED) is 0.746. The Bertz CT molecular complexity index is 330. The van der Waals surface area contributed by atoms with Crippen LogP contribution in [0.5, 0.6) is 0 Å².